The summed E-state index contributed by atoms with van der Waals surface area (Å²) < 4.78 is 0. The zero-order chi connectivity index (χ0) is 14.2. The summed E-state index contributed by atoms with van der Waals surface area (Å²) in [6.45, 7) is 8.45. The molecule has 0 rings (SSSR count). The van der Waals surface area contributed by atoms with E-state index in [0.29, 0.717) is 0 Å². The molecule has 0 saturated carbocycles. The Morgan fingerprint density at radius 1 is 0.632 bits per heavy atom. The summed E-state index contributed by atoms with van der Waals surface area (Å²) in [5.41, 5.74) is 0. The van der Waals surface area contributed by atoms with Gasteiger partial charge in [0.2, 0.25) is 0 Å². The first-order valence-electron chi connectivity index (χ1n) is 8.36. The van der Waals surface area contributed by atoms with Crippen molar-refractivity contribution in [3.8, 4) is 0 Å². The highest BCUT2D eigenvalue weighted by Gasteiger charge is 2.01. The smallest absolute Gasteiger partial charge is 0.00189 e. The van der Waals surface area contributed by atoms with E-state index in [4.69, 9.17) is 0 Å². The Hall–Kier alpha value is -0.120. The predicted molar refractivity (Wildman–Crippen MR) is 86.9 cm³/mol. The van der Waals surface area contributed by atoms with Crippen LogP contribution in [0.3, 0.4) is 0 Å². The quantitative estimate of drug-likeness (QED) is 0.449. The van der Waals surface area contributed by atoms with Crippen LogP contribution < -0.4 is 10.6 Å². The first kappa shape index (κ1) is 18.9. The van der Waals surface area contributed by atoms with Crippen molar-refractivity contribution in [1.82, 2.24) is 15.5 Å². The fourth-order valence-corrected chi connectivity index (χ4v) is 2.41. The van der Waals surface area contributed by atoms with E-state index in [-0.39, 0.29) is 0 Å². The maximum Gasteiger partial charge on any atom is -0.00189 e. The number of hydrogen-bond acceptors (Lipinski definition) is 3. The van der Waals surface area contributed by atoms with Gasteiger partial charge in [0.25, 0.3) is 0 Å². The fraction of sp³-hybridized carbons (Fsp3) is 1.00. The molecule has 0 aromatic rings. The van der Waals surface area contributed by atoms with Gasteiger partial charge in [0.15, 0.2) is 0 Å². The van der Waals surface area contributed by atoms with Crippen LogP contribution in [-0.2, 0) is 0 Å². The van der Waals surface area contributed by atoms with Gasteiger partial charge in [0.1, 0.15) is 0 Å². The zero-order valence-electron chi connectivity index (χ0n) is 13.6. The average molecular weight is 271 g/mol. The molecular weight excluding hydrogens is 234 g/mol. The molecule has 0 heterocycles. The van der Waals surface area contributed by atoms with E-state index >= 15 is 0 Å². The first-order chi connectivity index (χ1) is 9.35. The fourth-order valence-electron chi connectivity index (χ4n) is 2.41. The van der Waals surface area contributed by atoms with E-state index < -0.39 is 0 Å². The lowest BCUT2D eigenvalue weighted by atomic mass is 10.1. The Labute approximate surface area is 121 Å². The van der Waals surface area contributed by atoms with Gasteiger partial charge >= 0.3 is 0 Å². The van der Waals surface area contributed by atoms with Crippen molar-refractivity contribution in [3.05, 3.63) is 0 Å². The molecule has 0 atom stereocenters. The Bertz CT molecular complexity index is 146. The van der Waals surface area contributed by atoms with Crippen LogP contribution >= 0.6 is 0 Å². The summed E-state index contributed by atoms with van der Waals surface area (Å²) in [5.74, 6) is 0. The highest BCUT2D eigenvalue weighted by atomic mass is 15.1. The largest absolute Gasteiger partial charge is 0.320 e. The summed E-state index contributed by atoms with van der Waals surface area (Å²) in [7, 11) is 4.07. The van der Waals surface area contributed by atoms with E-state index in [9.17, 15) is 0 Å². The minimum absolute atomic E-state index is 1.17. The molecule has 0 radical (unpaired) electrons. The molecule has 0 amide bonds. The molecule has 3 nitrogen and oxygen atoms in total. The molecule has 0 unspecified atom stereocenters. The summed E-state index contributed by atoms with van der Waals surface area (Å²) >= 11 is 0. The van der Waals surface area contributed by atoms with Crippen LogP contribution in [0.5, 0.6) is 0 Å². The van der Waals surface area contributed by atoms with Gasteiger partial charge in [-0.05, 0) is 72.5 Å². The lowest BCUT2D eigenvalue weighted by Gasteiger charge is -2.20. The van der Waals surface area contributed by atoms with Crippen LogP contribution in [0.2, 0.25) is 0 Å². The van der Waals surface area contributed by atoms with Crippen molar-refractivity contribution < 1.29 is 0 Å². The van der Waals surface area contributed by atoms with E-state index in [2.05, 4.69) is 22.5 Å². The third kappa shape index (κ3) is 14.1. The molecule has 0 aliphatic carbocycles. The third-order valence-electron chi connectivity index (χ3n) is 3.75. The standard InChI is InChI=1S/C16H37N3/c1-4-19(15-11-7-5-9-13-17-2)16-12-8-6-10-14-18-3/h17-18H,4-16H2,1-3H3. The lowest BCUT2D eigenvalue weighted by molar-refractivity contribution is 0.273. The van der Waals surface area contributed by atoms with E-state index in [1.165, 1.54) is 84.1 Å². The maximum atomic E-state index is 3.21. The molecule has 0 fully saturated rings. The SMILES string of the molecule is CCN(CCCCCCNC)CCCCCCNC. The van der Waals surface area contributed by atoms with Crippen LogP contribution in [0.25, 0.3) is 0 Å². The molecule has 0 aromatic heterocycles. The number of nitrogens with zero attached hydrogens (tertiary/aromatic N) is 1. The summed E-state index contributed by atoms with van der Waals surface area (Å²) in [6, 6.07) is 0. The second-order valence-corrected chi connectivity index (χ2v) is 5.47. The van der Waals surface area contributed by atoms with Gasteiger partial charge in [0.05, 0.1) is 0 Å². The number of nitrogens with one attached hydrogen (secondary N) is 2. The Balaban J connectivity index is 3.30. The number of unbranched alkanes of at least 4 members (excludes halogenated alkanes) is 6. The van der Waals surface area contributed by atoms with Crippen LogP contribution in [0.1, 0.15) is 58.3 Å². The highest BCUT2D eigenvalue weighted by Crippen LogP contribution is 2.05. The molecule has 0 spiro atoms. The van der Waals surface area contributed by atoms with Crippen LogP contribution in [-0.4, -0.2) is 51.7 Å². The molecule has 116 valence electrons. The van der Waals surface area contributed by atoms with Crippen molar-refractivity contribution in [2.24, 2.45) is 0 Å². The van der Waals surface area contributed by atoms with Gasteiger partial charge in [0, 0.05) is 0 Å². The van der Waals surface area contributed by atoms with Gasteiger partial charge in [-0.15, -0.1) is 0 Å². The van der Waals surface area contributed by atoms with Crippen LogP contribution in [0, 0.1) is 0 Å². The molecule has 19 heavy (non-hydrogen) atoms. The molecule has 0 bridgehead atoms. The number of hydrogen-bond donors (Lipinski definition) is 2. The molecule has 0 aromatic carbocycles. The van der Waals surface area contributed by atoms with E-state index in [1.807, 2.05) is 14.1 Å². The Kier molecular flexibility index (Phi) is 15.8. The van der Waals surface area contributed by atoms with E-state index in [1.54, 1.807) is 0 Å². The maximum absolute atomic E-state index is 3.21. The van der Waals surface area contributed by atoms with Crippen molar-refractivity contribution in [2.45, 2.75) is 58.3 Å². The monoisotopic (exact) mass is 271 g/mol. The second-order valence-electron chi connectivity index (χ2n) is 5.47. The number of rotatable bonds is 15. The second kappa shape index (κ2) is 15.9. The minimum atomic E-state index is 1.17. The average Bonchev–Trinajstić information content (AvgIpc) is 2.44. The van der Waals surface area contributed by atoms with Crippen molar-refractivity contribution in [2.75, 3.05) is 46.8 Å². The molecule has 2 N–H and O–H groups in total. The molecule has 0 saturated heterocycles. The van der Waals surface area contributed by atoms with Crippen molar-refractivity contribution >= 4 is 0 Å². The summed E-state index contributed by atoms with van der Waals surface area (Å²) in [6.07, 6.45) is 10.9. The molecular formula is C16H37N3. The molecule has 0 aliphatic heterocycles. The van der Waals surface area contributed by atoms with Gasteiger partial charge in [-0.25, -0.2) is 0 Å². The van der Waals surface area contributed by atoms with Gasteiger partial charge in [-0.1, -0.05) is 32.6 Å². The summed E-state index contributed by atoms with van der Waals surface area (Å²) in [5, 5.41) is 6.42. The summed E-state index contributed by atoms with van der Waals surface area (Å²) in [4.78, 5) is 2.62. The molecule has 0 aliphatic rings. The topological polar surface area (TPSA) is 27.3 Å². The van der Waals surface area contributed by atoms with Gasteiger partial charge in [-0.2, -0.15) is 0 Å². The Morgan fingerprint density at radius 3 is 1.42 bits per heavy atom. The predicted octanol–water partition coefficient (Wildman–Crippen LogP) is 2.87. The van der Waals surface area contributed by atoms with Crippen LogP contribution in [0.15, 0.2) is 0 Å². The van der Waals surface area contributed by atoms with Crippen molar-refractivity contribution in [3.63, 3.8) is 0 Å². The Morgan fingerprint density at radius 2 is 1.05 bits per heavy atom. The van der Waals surface area contributed by atoms with Crippen LogP contribution in [0.4, 0.5) is 0 Å². The third-order valence-corrected chi connectivity index (χ3v) is 3.75. The zero-order valence-corrected chi connectivity index (χ0v) is 13.6. The minimum Gasteiger partial charge on any atom is -0.320 e. The van der Waals surface area contributed by atoms with Gasteiger partial charge in [-0.3, -0.25) is 0 Å². The van der Waals surface area contributed by atoms with Crippen molar-refractivity contribution in [1.29, 1.82) is 0 Å². The van der Waals surface area contributed by atoms with E-state index in [0.717, 1.165) is 0 Å². The normalized spacial score (nSPS) is 11.4. The lowest BCUT2D eigenvalue weighted by Crippen LogP contribution is -2.25. The highest BCUT2D eigenvalue weighted by molar-refractivity contribution is 4.57. The first-order valence-corrected chi connectivity index (χ1v) is 8.36. The van der Waals surface area contributed by atoms with Gasteiger partial charge < -0.3 is 15.5 Å². The molecule has 3 heteroatoms.